The second-order valence-electron chi connectivity index (χ2n) is 4.37. The number of pyridine rings is 1. The van der Waals surface area contributed by atoms with Crippen LogP contribution in [0.5, 0.6) is 0 Å². The van der Waals surface area contributed by atoms with Crippen LogP contribution in [0.15, 0.2) is 28.9 Å². The van der Waals surface area contributed by atoms with E-state index >= 15 is 0 Å². The molecule has 0 unspecified atom stereocenters. The summed E-state index contributed by atoms with van der Waals surface area (Å²) in [7, 11) is 0. The Kier molecular flexibility index (Phi) is 3.18. The monoisotopic (exact) mass is 245 g/mol. The van der Waals surface area contributed by atoms with Crippen molar-refractivity contribution in [1.82, 2.24) is 20.5 Å². The highest BCUT2D eigenvalue weighted by atomic mass is 16.4. The maximum Gasteiger partial charge on any atom is 0.315 e. The molecule has 2 aromatic heterocycles. The number of rotatable bonds is 6. The van der Waals surface area contributed by atoms with Crippen molar-refractivity contribution in [3.63, 3.8) is 0 Å². The molecule has 0 saturated heterocycles. The third-order valence-electron chi connectivity index (χ3n) is 2.78. The van der Waals surface area contributed by atoms with E-state index in [1.165, 1.54) is 12.8 Å². The minimum absolute atomic E-state index is 0.458. The molecular formula is C12H15N5O. The summed E-state index contributed by atoms with van der Waals surface area (Å²) in [4.78, 5) is 3.96. The first-order valence-corrected chi connectivity index (χ1v) is 6.09. The Hall–Kier alpha value is -1.95. The largest absolute Gasteiger partial charge is 0.407 e. The summed E-state index contributed by atoms with van der Waals surface area (Å²) in [5.41, 5.74) is 1.13. The van der Waals surface area contributed by atoms with Gasteiger partial charge in [-0.25, -0.2) is 0 Å². The summed E-state index contributed by atoms with van der Waals surface area (Å²) in [6.07, 6.45) is 6.02. The summed E-state index contributed by atoms with van der Waals surface area (Å²) in [6.45, 7) is 1.30. The van der Waals surface area contributed by atoms with Gasteiger partial charge in [-0.1, -0.05) is 5.10 Å². The fourth-order valence-electron chi connectivity index (χ4n) is 1.59. The van der Waals surface area contributed by atoms with Crippen molar-refractivity contribution in [3.8, 4) is 0 Å². The first kappa shape index (κ1) is 11.2. The van der Waals surface area contributed by atoms with Crippen LogP contribution >= 0.6 is 0 Å². The van der Waals surface area contributed by atoms with Crippen LogP contribution in [0.2, 0.25) is 0 Å². The third kappa shape index (κ3) is 3.04. The normalized spacial score (nSPS) is 14.7. The van der Waals surface area contributed by atoms with Crippen LogP contribution in [0.25, 0.3) is 0 Å². The van der Waals surface area contributed by atoms with Crippen LogP contribution in [0.3, 0.4) is 0 Å². The topological polar surface area (TPSA) is 75.9 Å². The van der Waals surface area contributed by atoms with Crippen molar-refractivity contribution in [2.45, 2.75) is 32.0 Å². The molecule has 2 N–H and O–H groups in total. The smallest absolute Gasteiger partial charge is 0.315 e. The minimum atomic E-state index is 0.458. The number of nitrogens with one attached hydrogen (secondary N) is 2. The molecule has 0 radical (unpaired) electrons. The van der Waals surface area contributed by atoms with Gasteiger partial charge in [-0.2, -0.15) is 0 Å². The van der Waals surface area contributed by atoms with Crippen molar-refractivity contribution in [2.75, 3.05) is 5.32 Å². The van der Waals surface area contributed by atoms with Crippen molar-refractivity contribution in [2.24, 2.45) is 0 Å². The van der Waals surface area contributed by atoms with Gasteiger partial charge in [0.15, 0.2) is 0 Å². The van der Waals surface area contributed by atoms with E-state index in [1.54, 1.807) is 12.4 Å². The lowest BCUT2D eigenvalue weighted by Crippen LogP contribution is -2.15. The second kappa shape index (κ2) is 5.14. The lowest BCUT2D eigenvalue weighted by molar-refractivity contribution is 0.475. The van der Waals surface area contributed by atoms with Gasteiger partial charge in [-0.05, 0) is 30.5 Å². The predicted molar refractivity (Wildman–Crippen MR) is 65.7 cm³/mol. The van der Waals surface area contributed by atoms with Gasteiger partial charge in [-0.15, -0.1) is 5.10 Å². The van der Waals surface area contributed by atoms with Crippen LogP contribution in [0.1, 0.15) is 24.3 Å². The average Bonchev–Trinajstić information content (AvgIpc) is 3.14. The van der Waals surface area contributed by atoms with E-state index in [0.29, 0.717) is 31.0 Å². The fraction of sp³-hybridized carbons (Fsp3) is 0.417. The molecule has 2 heterocycles. The highest BCUT2D eigenvalue weighted by Crippen LogP contribution is 2.19. The van der Waals surface area contributed by atoms with Crippen molar-refractivity contribution >= 4 is 6.01 Å². The van der Waals surface area contributed by atoms with Gasteiger partial charge in [-0.3, -0.25) is 4.98 Å². The van der Waals surface area contributed by atoms with Gasteiger partial charge >= 0.3 is 6.01 Å². The van der Waals surface area contributed by atoms with Gasteiger partial charge < -0.3 is 15.1 Å². The number of hydrogen-bond donors (Lipinski definition) is 2. The van der Waals surface area contributed by atoms with Crippen LogP contribution < -0.4 is 10.6 Å². The molecule has 1 aliphatic carbocycles. The lowest BCUT2D eigenvalue weighted by Gasteiger charge is -2.00. The van der Waals surface area contributed by atoms with E-state index in [1.807, 2.05) is 12.1 Å². The van der Waals surface area contributed by atoms with Crippen LogP contribution in [-0.2, 0) is 13.1 Å². The average molecular weight is 245 g/mol. The molecule has 2 aromatic rings. The summed E-state index contributed by atoms with van der Waals surface area (Å²) in [5, 5.41) is 14.3. The van der Waals surface area contributed by atoms with Gasteiger partial charge in [0.2, 0.25) is 5.89 Å². The molecule has 1 fully saturated rings. The zero-order valence-electron chi connectivity index (χ0n) is 9.97. The SMILES string of the molecule is c1cc(CNc2nnc(CNC3CC3)o2)ccn1. The Bertz CT molecular complexity index is 494. The van der Waals surface area contributed by atoms with Crippen molar-refractivity contribution in [1.29, 1.82) is 0 Å². The Labute approximate surface area is 105 Å². The minimum Gasteiger partial charge on any atom is -0.407 e. The predicted octanol–water partition coefficient (Wildman–Crippen LogP) is 1.33. The molecule has 3 rings (SSSR count). The molecule has 0 aromatic carbocycles. The molecule has 0 bridgehead atoms. The molecule has 1 saturated carbocycles. The van der Waals surface area contributed by atoms with Gasteiger partial charge in [0.1, 0.15) is 0 Å². The van der Waals surface area contributed by atoms with Gasteiger partial charge in [0, 0.05) is 25.0 Å². The molecule has 0 spiro atoms. The van der Waals surface area contributed by atoms with E-state index in [0.717, 1.165) is 5.56 Å². The maximum absolute atomic E-state index is 5.47. The van der Waals surface area contributed by atoms with Crippen LogP contribution in [-0.4, -0.2) is 21.2 Å². The quantitative estimate of drug-likeness (QED) is 0.799. The van der Waals surface area contributed by atoms with E-state index in [9.17, 15) is 0 Å². The molecule has 1 aliphatic rings. The molecule has 18 heavy (non-hydrogen) atoms. The van der Waals surface area contributed by atoms with E-state index in [4.69, 9.17) is 4.42 Å². The number of nitrogens with zero attached hydrogens (tertiary/aromatic N) is 3. The van der Waals surface area contributed by atoms with Crippen molar-refractivity contribution < 1.29 is 4.42 Å². The Morgan fingerprint density at radius 3 is 2.78 bits per heavy atom. The number of hydrogen-bond acceptors (Lipinski definition) is 6. The molecule has 94 valence electrons. The highest BCUT2D eigenvalue weighted by Gasteiger charge is 2.21. The summed E-state index contributed by atoms with van der Waals surface area (Å²) in [5.74, 6) is 0.624. The summed E-state index contributed by atoms with van der Waals surface area (Å²) in [6, 6.07) is 4.99. The second-order valence-corrected chi connectivity index (χ2v) is 4.37. The zero-order chi connectivity index (χ0) is 12.2. The lowest BCUT2D eigenvalue weighted by atomic mass is 10.3. The highest BCUT2D eigenvalue weighted by molar-refractivity contribution is 5.21. The first-order valence-electron chi connectivity index (χ1n) is 6.09. The molecule has 6 heteroatoms. The molecule has 6 nitrogen and oxygen atoms in total. The van der Waals surface area contributed by atoms with E-state index in [-0.39, 0.29) is 0 Å². The first-order chi connectivity index (χ1) is 8.90. The number of aromatic nitrogens is 3. The summed E-state index contributed by atoms with van der Waals surface area (Å²) < 4.78 is 5.47. The maximum atomic E-state index is 5.47. The van der Waals surface area contributed by atoms with E-state index in [2.05, 4.69) is 25.8 Å². The summed E-state index contributed by atoms with van der Waals surface area (Å²) >= 11 is 0. The van der Waals surface area contributed by atoms with Gasteiger partial charge in [0.05, 0.1) is 6.54 Å². The van der Waals surface area contributed by atoms with Crippen molar-refractivity contribution in [3.05, 3.63) is 36.0 Å². The number of anilines is 1. The van der Waals surface area contributed by atoms with Gasteiger partial charge in [0.25, 0.3) is 0 Å². The molecule has 0 atom stereocenters. The van der Waals surface area contributed by atoms with Crippen LogP contribution in [0.4, 0.5) is 6.01 Å². The standard InChI is InChI=1S/C12H15N5O/c1-2-10(1)14-8-11-16-17-12(18-11)15-7-9-3-5-13-6-4-9/h3-6,10,14H,1-2,7-8H2,(H,15,17). The molecule has 0 amide bonds. The molecular weight excluding hydrogens is 230 g/mol. The Morgan fingerprint density at radius 2 is 2.00 bits per heavy atom. The zero-order valence-corrected chi connectivity index (χ0v) is 9.97. The van der Waals surface area contributed by atoms with E-state index < -0.39 is 0 Å². The Balaban J connectivity index is 1.50. The third-order valence-corrected chi connectivity index (χ3v) is 2.78. The molecule has 0 aliphatic heterocycles. The van der Waals surface area contributed by atoms with Crippen LogP contribution in [0, 0.1) is 0 Å². The Morgan fingerprint density at radius 1 is 1.17 bits per heavy atom. The fourth-order valence-corrected chi connectivity index (χ4v) is 1.59.